The fourth-order valence-electron chi connectivity index (χ4n) is 2.25. The maximum atomic E-state index is 12.5. The van der Waals surface area contributed by atoms with E-state index in [0.29, 0.717) is 11.6 Å². The third-order valence-electron chi connectivity index (χ3n) is 3.20. The van der Waals surface area contributed by atoms with E-state index in [1.54, 1.807) is 18.0 Å². The van der Waals surface area contributed by atoms with Crippen molar-refractivity contribution in [1.82, 2.24) is 9.55 Å². The summed E-state index contributed by atoms with van der Waals surface area (Å²) in [6.45, 7) is 2.88. The summed E-state index contributed by atoms with van der Waals surface area (Å²) in [5.74, 6) is 1.88. The number of carbonyl (C=O) groups excluding carboxylic acids is 1. The summed E-state index contributed by atoms with van der Waals surface area (Å²) in [7, 11) is 0. The Morgan fingerprint density at radius 3 is 3.20 bits per heavy atom. The normalized spacial score (nSPS) is 17.4. The second-order valence-corrected chi connectivity index (χ2v) is 5.73. The molecule has 1 aromatic heterocycles. The Balaban J connectivity index is 1.80. The number of thioether (sulfide) groups is 1. The summed E-state index contributed by atoms with van der Waals surface area (Å²) < 4.78 is 7.73. The molecule has 0 bridgehead atoms. The first-order valence-electron chi connectivity index (χ1n) is 6.73. The van der Waals surface area contributed by atoms with Gasteiger partial charge in [-0.1, -0.05) is 19.1 Å². The molecule has 2 heterocycles. The Hall–Kier alpha value is -1.75. The number of fused-ring (bicyclic) bond motifs is 1. The van der Waals surface area contributed by atoms with Crippen molar-refractivity contribution in [2.45, 2.75) is 30.9 Å². The van der Waals surface area contributed by atoms with E-state index in [1.165, 1.54) is 0 Å². The van der Waals surface area contributed by atoms with E-state index in [2.05, 4.69) is 11.9 Å². The van der Waals surface area contributed by atoms with Crippen LogP contribution in [0.2, 0.25) is 0 Å². The zero-order chi connectivity index (χ0) is 13.9. The SMILES string of the molecule is CCCn1ccnc1C(=O)C1CSc2ccccc2O1. The molecule has 1 aliphatic heterocycles. The standard InChI is InChI=1S/C15H16N2O2S/c1-2-8-17-9-7-16-15(17)14(18)12-10-20-13-6-4-3-5-11(13)19-12/h3-7,9,12H,2,8,10H2,1H3. The summed E-state index contributed by atoms with van der Waals surface area (Å²) >= 11 is 1.66. The van der Waals surface area contributed by atoms with Crippen LogP contribution in [0.1, 0.15) is 24.0 Å². The lowest BCUT2D eigenvalue weighted by Crippen LogP contribution is -2.34. The highest BCUT2D eigenvalue weighted by molar-refractivity contribution is 7.99. The minimum atomic E-state index is -0.451. The average Bonchev–Trinajstić information content (AvgIpc) is 2.94. The van der Waals surface area contributed by atoms with Crippen LogP contribution in [-0.4, -0.2) is 27.2 Å². The van der Waals surface area contributed by atoms with Crippen LogP contribution in [0.25, 0.3) is 0 Å². The van der Waals surface area contributed by atoms with Gasteiger partial charge in [-0.3, -0.25) is 4.79 Å². The van der Waals surface area contributed by atoms with Crippen molar-refractivity contribution in [2.24, 2.45) is 0 Å². The number of aryl methyl sites for hydroxylation is 1. The number of rotatable bonds is 4. The molecule has 20 heavy (non-hydrogen) atoms. The molecule has 0 aliphatic carbocycles. The third kappa shape index (κ3) is 2.45. The predicted octanol–water partition coefficient (Wildman–Crippen LogP) is 3.03. The summed E-state index contributed by atoms with van der Waals surface area (Å²) in [4.78, 5) is 17.8. The summed E-state index contributed by atoms with van der Waals surface area (Å²) in [6, 6.07) is 7.81. The van der Waals surface area contributed by atoms with Gasteiger partial charge in [0.05, 0.1) is 0 Å². The highest BCUT2D eigenvalue weighted by atomic mass is 32.2. The topological polar surface area (TPSA) is 44.1 Å². The number of aromatic nitrogens is 2. The Kier molecular flexibility index (Phi) is 3.78. The fraction of sp³-hybridized carbons (Fsp3) is 0.333. The zero-order valence-electron chi connectivity index (χ0n) is 11.3. The van der Waals surface area contributed by atoms with E-state index >= 15 is 0 Å². The van der Waals surface area contributed by atoms with E-state index in [0.717, 1.165) is 23.6 Å². The number of imidazole rings is 1. The lowest BCUT2D eigenvalue weighted by Gasteiger charge is -2.24. The molecule has 0 saturated heterocycles. The Morgan fingerprint density at radius 1 is 1.50 bits per heavy atom. The summed E-state index contributed by atoms with van der Waals surface area (Å²) in [5, 5.41) is 0. The first kappa shape index (κ1) is 13.2. The van der Waals surface area contributed by atoms with Crippen molar-refractivity contribution in [2.75, 3.05) is 5.75 Å². The van der Waals surface area contributed by atoms with Gasteiger partial charge in [0.1, 0.15) is 5.75 Å². The molecular formula is C15H16N2O2S. The summed E-state index contributed by atoms with van der Waals surface area (Å²) in [5.41, 5.74) is 0. The van der Waals surface area contributed by atoms with Crippen LogP contribution in [0.3, 0.4) is 0 Å². The number of ether oxygens (including phenoxy) is 1. The molecule has 1 aromatic carbocycles. The number of para-hydroxylation sites is 1. The molecule has 0 saturated carbocycles. The van der Waals surface area contributed by atoms with Crippen molar-refractivity contribution in [3.63, 3.8) is 0 Å². The molecule has 5 heteroatoms. The number of benzene rings is 1. The van der Waals surface area contributed by atoms with Crippen LogP contribution >= 0.6 is 11.8 Å². The molecule has 1 atom stereocenters. The maximum absolute atomic E-state index is 12.5. The lowest BCUT2D eigenvalue weighted by molar-refractivity contribution is 0.0799. The van der Waals surface area contributed by atoms with Gasteiger partial charge in [-0.15, -0.1) is 11.8 Å². The molecule has 0 amide bonds. The van der Waals surface area contributed by atoms with Gasteiger partial charge in [0, 0.05) is 29.6 Å². The van der Waals surface area contributed by atoms with Crippen molar-refractivity contribution in [3.8, 4) is 5.75 Å². The molecule has 0 N–H and O–H groups in total. The quantitative estimate of drug-likeness (QED) is 0.811. The number of hydrogen-bond acceptors (Lipinski definition) is 4. The van der Waals surface area contributed by atoms with Crippen molar-refractivity contribution < 1.29 is 9.53 Å². The van der Waals surface area contributed by atoms with Crippen LogP contribution < -0.4 is 4.74 Å². The second kappa shape index (κ2) is 5.71. The molecule has 0 radical (unpaired) electrons. The van der Waals surface area contributed by atoms with Crippen LogP contribution in [-0.2, 0) is 6.54 Å². The third-order valence-corrected chi connectivity index (χ3v) is 4.32. The van der Waals surface area contributed by atoms with Gasteiger partial charge in [-0.25, -0.2) is 4.98 Å². The number of ketones is 1. The van der Waals surface area contributed by atoms with Gasteiger partial charge < -0.3 is 9.30 Å². The van der Waals surface area contributed by atoms with Crippen LogP contribution in [0, 0.1) is 0 Å². The number of Topliss-reactive ketones (excluding diaryl/α,β-unsaturated/α-hetero) is 1. The molecule has 104 valence electrons. The van der Waals surface area contributed by atoms with Crippen molar-refractivity contribution >= 4 is 17.5 Å². The maximum Gasteiger partial charge on any atom is 0.239 e. The highest BCUT2D eigenvalue weighted by Crippen LogP contribution is 2.35. The van der Waals surface area contributed by atoms with E-state index in [4.69, 9.17) is 4.74 Å². The number of hydrogen-bond donors (Lipinski definition) is 0. The van der Waals surface area contributed by atoms with Crippen molar-refractivity contribution in [3.05, 3.63) is 42.5 Å². The second-order valence-electron chi connectivity index (χ2n) is 4.67. The summed E-state index contributed by atoms with van der Waals surface area (Å²) in [6.07, 6.45) is 4.04. The van der Waals surface area contributed by atoms with Gasteiger partial charge in [0.15, 0.2) is 11.9 Å². The lowest BCUT2D eigenvalue weighted by atomic mass is 10.2. The molecule has 4 nitrogen and oxygen atoms in total. The smallest absolute Gasteiger partial charge is 0.239 e. The van der Waals surface area contributed by atoms with Crippen LogP contribution in [0.5, 0.6) is 5.75 Å². The Labute approximate surface area is 122 Å². The molecule has 1 unspecified atom stereocenters. The van der Waals surface area contributed by atoms with Gasteiger partial charge >= 0.3 is 0 Å². The molecule has 0 fully saturated rings. The molecular weight excluding hydrogens is 272 g/mol. The van der Waals surface area contributed by atoms with Crippen LogP contribution in [0.15, 0.2) is 41.6 Å². The Morgan fingerprint density at radius 2 is 2.35 bits per heavy atom. The Bertz CT molecular complexity index is 624. The minimum Gasteiger partial charge on any atom is -0.480 e. The molecule has 2 aromatic rings. The first-order valence-corrected chi connectivity index (χ1v) is 7.72. The van der Waals surface area contributed by atoms with Crippen molar-refractivity contribution in [1.29, 1.82) is 0 Å². The van der Waals surface area contributed by atoms with E-state index < -0.39 is 6.10 Å². The first-order chi connectivity index (χ1) is 9.79. The molecule has 1 aliphatic rings. The monoisotopic (exact) mass is 288 g/mol. The number of carbonyl (C=O) groups is 1. The predicted molar refractivity (Wildman–Crippen MR) is 78.4 cm³/mol. The molecule has 3 rings (SSSR count). The van der Waals surface area contributed by atoms with E-state index in [-0.39, 0.29) is 5.78 Å². The van der Waals surface area contributed by atoms with Gasteiger partial charge in [-0.05, 0) is 18.6 Å². The van der Waals surface area contributed by atoms with Gasteiger partial charge in [0.25, 0.3) is 0 Å². The average molecular weight is 288 g/mol. The minimum absolute atomic E-state index is 0.0366. The highest BCUT2D eigenvalue weighted by Gasteiger charge is 2.29. The fourth-order valence-corrected chi connectivity index (χ4v) is 3.23. The van der Waals surface area contributed by atoms with E-state index in [9.17, 15) is 4.79 Å². The van der Waals surface area contributed by atoms with E-state index in [1.807, 2.05) is 35.0 Å². The number of nitrogens with zero attached hydrogens (tertiary/aromatic N) is 2. The zero-order valence-corrected chi connectivity index (χ0v) is 12.1. The largest absolute Gasteiger partial charge is 0.480 e. The van der Waals surface area contributed by atoms with Gasteiger partial charge in [-0.2, -0.15) is 0 Å². The van der Waals surface area contributed by atoms with Gasteiger partial charge in [0.2, 0.25) is 5.78 Å². The molecule has 0 spiro atoms. The van der Waals surface area contributed by atoms with Crippen LogP contribution in [0.4, 0.5) is 0 Å².